The van der Waals surface area contributed by atoms with Gasteiger partial charge in [-0.2, -0.15) is 0 Å². The Morgan fingerprint density at radius 2 is 1.28 bits per heavy atom. The summed E-state index contributed by atoms with van der Waals surface area (Å²) in [6.07, 6.45) is 1.73. The van der Waals surface area contributed by atoms with Gasteiger partial charge in [0, 0.05) is 19.8 Å². The summed E-state index contributed by atoms with van der Waals surface area (Å²) in [5.41, 5.74) is 7.77. The Labute approximate surface area is 177 Å². The van der Waals surface area contributed by atoms with Gasteiger partial charge in [0.05, 0.1) is 13.2 Å². The van der Waals surface area contributed by atoms with Crippen molar-refractivity contribution < 1.29 is 13.9 Å². The average molecular weight is 428 g/mol. The van der Waals surface area contributed by atoms with E-state index in [1.807, 2.05) is 36.4 Å². The summed E-state index contributed by atoms with van der Waals surface area (Å²) >= 11 is 0. The monoisotopic (exact) mass is 428 g/mol. The maximum absolute atomic E-state index is 15.1. The van der Waals surface area contributed by atoms with Gasteiger partial charge in [-0.15, -0.1) is 18.5 Å². The minimum absolute atomic E-state index is 0.233. The molecule has 0 aliphatic heterocycles. The van der Waals surface area contributed by atoms with Gasteiger partial charge in [-0.25, -0.2) is 4.39 Å². The Kier molecular flexibility index (Phi) is 7.92. The van der Waals surface area contributed by atoms with Crippen LogP contribution in [0, 0.1) is 5.82 Å². The third-order valence-corrected chi connectivity index (χ3v) is 5.90. The van der Waals surface area contributed by atoms with E-state index in [1.165, 1.54) is 11.1 Å². The molecule has 152 valence electrons. The minimum Gasteiger partial charge on any atom is -0.380 e. The number of hydrogen-bond acceptors (Lipinski definition) is 2. The molecule has 0 saturated carbocycles. The highest BCUT2D eigenvalue weighted by atomic mass is 31.0. The quantitative estimate of drug-likeness (QED) is 0.398. The van der Waals surface area contributed by atoms with E-state index < -0.39 is 0 Å². The molecular formula is C24H27FO2P2. The molecule has 29 heavy (non-hydrogen) atoms. The number of methoxy groups -OCH3 is 2. The van der Waals surface area contributed by atoms with Crippen LogP contribution in [-0.2, 0) is 35.0 Å². The van der Waals surface area contributed by atoms with Gasteiger partial charge < -0.3 is 9.47 Å². The van der Waals surface area contributed by atoms with Crippen LogP contribution in [0.15, 0.2) is 54.6 Å². The van der Waals surface area contributed by atoms with Crippen molar-refractivity contribution in [1.29, 1.82) is 0 Å². The predicted octanol–water partition coefficient (Wildman–Crippen LogP) is 6.20. The molecule has 2 nitrogen and oxygen atoms in total. The fourth-order valence-electron chi connectivity index (χ4n) is 3.59. The largest absolute Gasteiger partial charge is 0.380 e. The van der Waals surface area contributed by atoms with Crippen molar-refractivity contribution in [2.24, 2.45) is 0 Å². The first-order chi connectivity index (χ1) is 14.1. The van der Waals surface area contributed by atoms with Crippen molar-refractivity contribution in [2.75, 3.05) is 14.2 Å². The Bertz CT molecular complexity index is 944. The predicted molar refractivity (Wildman–Crippen MR) is 126 cm³/mol. The molecule has 0 amide bonds. The van der Waals surface area contributed by atoms with Crippen molar-refractivity contribution in [3.63, 3.8) is 0 Å². The van der Waals surface area contributed by atoms with Gasteiger partial charge in [0.15, 0.2) is 0 Å². The van der Waals surface area contributed by atoms with Crippen molar-refractivity contribution in [3.05, 3.63) is 82.7 Å². The van der Waals surface area contributed by atoms with Crippen molar-refractivity contribution in [1.82, 2.24) is 0 Å². The topological polar surface area (TPSA) is 18.5 Å². The second-order valence-electron chi connectivity index (χ2n) is 6.95. The highest BCUT2D eigenvalue weighted by molar-refractivity contribution is 7.15. The minimum atomic E-state index is -0.233. The van der Waals surface area contributed by atoms with Crippen molar-refractivity contribution in [3.8, 4) is 22.3 Å². The summed E-state index contributed by atoms with van der Waals surface area (Å²) in [6, 6.07) is 17.7. The van der Waals surface area contributed by atoms with Crippen LogP contribution in [0.2, 0.25) is 0 Å². The van der Waals surface area contributed by atoms with Gasteiger partial charge in [-0.1, -0.05) is 48.5 Å². The van der Waals surface area contributed by atoms with Gasteiger partial charge >= 0.3 is 0 Å². The molecule has 3 aromatic carbocycles. The van der Waals surface area contributed by atoms with Gasteiger partial charge in [-0.3, -0.25) is 0 Å². The summed E-state index contributed by atoms with van der Waals surface area (Å²) in [4.78, 5) is 0. The molecule has 0 spiro atoms. The molecule has 0 bridgehead atoms. The fraction of sp³-hybridized carbons (Fsp3) is 0.250. The Balaban J connectivity index is 2.09. The smallest absolute Gasteiger partial charge is 0.131 e. The summed E-state index contributed by atoms with van der Waals surface area (Å²) in [5.74, 6) is -0.233. The van der Waals surface area contributed by atoms with Crippen LogP contribution >= 0.6 is 18.5 Å². The van der Waals surface area contributed by atoms with Crippen LogP contribution < -0.4 is 0 Å². The maximum Gasteiger partial charge on any atom is 0.131 e. The van der Waals surface area contributed by atoms with E-state index in [0.717, 1.165) is 40.1 Å². The second kappa shape index (κ2) is 10.4. The van der Waals surface area contributed by atoms with Gasteiger partial charge in [0.1, 0.15) is 5.82 Å². The van der Waals surface area contributed by atoms with Crippen LogP contribution in [0.25, 0.3) is 22.3 Å². The number of hydrogen-bond donors (Lipinski definition) is 0. The molecule has 3 rings (SSSR count). The third-order valence-electron chi connectivity index (χ3n) is 4.96. The molecule has 2 unspecified atom stereocenters. The first-order valence-corrected chi connectivity index (χ1v) is 11.2. The molecule has 2 atom stereocenters. The molecule has 0 N–H and O–H groups in total. The summed E-state index contributed by atoms with van der Waals surface area (Å²) in [6.45, 7) is 0.925. The Hall–Kier alpha value is -1.63. The average Bonchev–Trinajstić information content (AvgIpc) is 2.74. The van der Waals surface area contributed by atoms with Gasteiger partial charge in [0.25, 0.3) is 0 Å². The number of benzene rings is 3. The molecule has 0 aliphatic rings. The molecule has 3 aromatic rings. The molecule has 0 fully saturated rings. The van der Waals surface area contributed by atoms with E-state index in [9.17, 15) is 0 Å². The lowest BCUT2D eigenvalue weighted by Gasteiger charge is -2.17. The fourth-order valence-corrected chi connectivity index (χ4v) is 4.10. The zero-order valence-corrected chi connectivity index (χ0v) is 19.2. The number of halogens is 1. The van der Waals surface area contributed by atoms with Crippen molar-refractivity contribution >= 4 is 18.5 Å². The first-order valence-electron chi connectivity index (χ1n) is 9.53. The van der Waals surface area contributed by atoms with Crippen LogP contribution in [0.4, 0.5) is 4.39 Å². The SMILES string of the molecule is COCc1cc(CP)cc(COC)c1-c1ccc(-c2ccc(CP)cc2)c(F)c1. The molecule has 0 heterocycles. The number of ether oxygens (including phenoxy) is 2. The standard InChI is InChI=1S/C24H27FO2P2/c1-26-12-20-9-17(15-29)10-21(13-27-2)24(20)19-7-8-22(23(25)11-19)18-5-3-16(14-28)4-6-18/h3-11H,12-15,28-29H2,1-2H3. The summed E-state index contributed by atoms with van der Waals surface area (Å²) < 4.78 is 26.0. The van der Waals surface area contributed by atoms with Crippen LogP contribution in [0.3, 0.4) is 0 Å². The summed E-state index contributed by atoms with van der Waals surface area (Å²) in [7, 11) is 8.80. The Morgan fingerprint density at radius 1 is 0.724 bits per heavy atom. The Morgan fingerprint density at radius 3 is 1.76 bits per heavy atom. The highest BCUT2D eigenvalue weighted by Crippen LogP contribution is 2.34. The molecular weight excluding hydrogens is 401 g/mol. The molecule has 0 aliphatic carbocycles. The van der Waals surface area contributed by atoms with E-state index in [0.29, 0.717) is 18.8 Å². The zero-order valence-electron chi connectivity index (χ0n) is 16.9. The van der Waals surface area contributed by atoms with Crippen molar-refractivity contribution in [2.45, 2.75) is 25.5 Å². The third kappa shape index (κ3) is 5.11. The van der Waals surface area contributed by atoms with E-state index >= 15 is 4.39 Å². The summed E-state index contributed by atoms with van der Waals surface area (Å²) in [5, 5.41) is 0. The van der Waals surface area contributed by atoms with E-state index in [4.69, 9.17) is 9.47 Å². The molecule has 5 heteroatoms. The second-order valence-corrected chi connectivity index (χ2v) is 7.77. The molecule has 0 aromatic heterocycles. The lowest BCUT2D eigenvalue weighted by atomic mass is 9.91. The molecule has 0 radical (unpaired) electrons. The molecule has 0 saturated heterocycles. The van der Waals surface area contributed by atoms with Gasteiger partial charge in [-0.05, 0) is 57.3 Å². The van der Waals surface area contributed by atoms with Crippen LogP contribution in [0.1, 0.15) is 22.3 Å². The van der Waals surface area contributed by atoms with E-state index in [1.54, 1.807) is 20.3 Å². The maximum atomic E-state index is 15.1. The van der Waals surface area contributed by atoms with E-state index in [2.05, 4.69) is 30.6 Å². The lowest BCUT2D eigenvalue weighted by Crippen LogP contribution is -2.02. The lowest BCUT2D eigenvalue weighted by molar-refractivity contribution is 0.180. The highest BCUT2D eigenvalue weighted by Gasteiger charge is 2.15. The number of rotatable bonds is 8. The van der Waals surface area contributed by atoms with E-state index in [-0.39, 0.29) is 5.82 Å². The zero-order chi connectivity index (χ0) is 20.8. The first kappa shape index (κ1) is 22.1. The van der Waals surface area contributed by atoms with Crippen LogP contribution in [-0.4, -0.2) is 14.2 Å². The normalized spacial score (nSPS) is 11.1. The van der Waals surface area contributed by atoms with Gasteiger partial charge in [0.2, 0.25) is 0 Å². The van der Waals surface area contributed by atoms with Crippen LogP contribution in [0.5, 0.6) is 0 Å².